The van der Waals surface area contributed by atoms with E-state index < -0.39 is 21.7 Å². The van der Waals surface area contributed by atoms with Gasteiger partial charge in [0.2, 0.25) is 10.0 Å². The molecule has 3 rings (SSSR count). The van der Waals surface area contributed by atoms with Gasteiger partial charge in [-0.25, -0.2) is 12.8 Å². The maximum Gasteiger partial charge on any atom is 0.258 e. The Morgan fingerprint density at radius 1 is 1.10 bits per heavy atom. The molecule has 0 unspecified atom stereocenters. The van der Waals surface area contributed by atoms with Gasteiger partial charge >= 0.3 is 0 Å². The minimum Gasteiger partial charge on any atom is -0.495 e. The molecule has 29 heavy (non-hydrogen) atoms. The molecule has 1 saturated heterocycles. The van der Waals surface area contributed by atoms with Crippen molar-refractivity contribution in [1.29, 1.82) is 0 Å². The quantitative estimate of drug-likeness (QED) is 0.751. The molecule has 0 saturated carbocycles. The minimum absolute atomic E-state index is 0.107. The average Bonchev–Trinajstić information content (AvgIpc) is 2.98. The first-order chi connectivity index (χ1) is 13.8. The van der Waals surface area contributed by atoms with Gasteiger partial charge in [-0.3, -0.25) is 4.79 Å². The summed E-state index contributed by atoms with van der Waals surface area (Å²) >= 11 is 5.95. The number of sulfonamides is 1. The fourth-order valence-corrected chi connectivity index (χ4v) is 4.95. The fourth-order valence-electron chi connectivity index (χ4n) is 3.24. The number of carbonyl (C=O) groups excluding carboxylic acids is 1. The zero-order valence-corrected chi connectivity index (χ0v) is 17.5. The molecule has 1 amide bonds. The van der Waals surface area contributed by atoms with Crippen molar-refractivity contribution < 1.29 is 22.3 Å². The maximum absolute atomic E-state index is 14.4. The molecule has 0 spiro atoms. The van der Waals surface area contributed by atoms with Gasteiger partial charge in [0.1, 0.15) is 11.6 Å². The van der Waals surface area contributed by atoms with Crippen LogP contribution in [0.2, 0.25) is 5.02 Å². The maximum atomic E-state index is 14.4. The Morgan fingerprint density at radius 2 is 1.79 bits per heavy atom. The first-order valence-electron chi connectivity index (χ1n) is 9.27. The van der Waals surface area contributed by atoms with E-state index in [1.807, 2.05) is 0 Å². The minimum atomic E-state index is -3.81. The molecule has 2 aromatic rings. The molecule has 0 atom stereocenters. The highest BCUT2D eigenvalue weighted by Gasteiger charge is 2.27. The molecular weight excluding hydrogens is 419 g/mol. The lowest BCUT2D eigenvalue weighted by Gasteiger charge is -2.20. The summed E-state index contributed by atoms with van der Waals surface area (Å²) in [4.78, 5) is 12.6. The number of nitrogens with one attached hydrogen (secondary N) is 1. The van der Waals surface area contributed by atoms with Gasteiger partial charge in [0, 0.05) is 18.1 Å². The summed E-state index contributed by atoms with van der Waals surface area (Å²) in [5.74, 6) is -1.27. The van der Waals surface area contributed by atoms with E-state index in [4.69, 9.17) is 16.3 Å². The van der Waals surface area contributed by atoms with Gasteiger partial charge in [-0.2, -0.15) is 4.31 Å². The van der Waals surface area contributed by atoms with Crippen molar-refractivity contribution in [3.8, 4) is 5.75 Å². The monoisotopic (exact) mass is 440 g/mol. The van der Waals surface area contributed by atoms with Gasteiger partial charge in [0.25, 0.3) is 5.91 Å². The lowest BCUT2D eigenvalue weighted by Crippen LogP contribution is -2.32. The number of ether oxygens (including phenoxy) is 1. The number of amides is 1. The number of hydrogen-bond acceptors (Lipinski definition) is 4. The third kappa shape index (κ3) is 4.88. The van der Waals surface area contributed by atoms with Gasteiger partial charge in [0.05, 0.1) is 23.3 Å². The molecule has 1 heterocycles. The summed E-state index contributed by atoms with van der Waals surface area (Å²) in [5, 5.41) is 2.89. The molecule has 9 heteroatoms. The first-order valence-corrected chi connectivity index (χ1v) is 11.1. The Labute approximate surface area is 174 Å². The highest BCUT2D eigenvalue weighted by Crippen LogP contribution is 2.29. The number of methoxy groups -OCH3 is 1. The second-order valence-corrected chi connectivity index (χ2v) is 9.13. The fraction of sp³-hybridized carbons (Fsp3) is 0.350. The Hall–Kier alpha value is -2.16. The molecule has 1 N–H and O–H groups in total. The zero-order valence-electron chi connectivity index (χ0n) is 16.0. The summed E-state index contributed by atoms with van der Waals surface area (Å²) in [6.45, 7) is 0.835. The lowest BCUT2D eigenvalue weighted by atomic mass is 10.2. The van der Waals surface area contributed by atoms with E-state index in [0.717, 1.165) is 37.8 Å². The molecule has 0 bridgehead atoms. The van der Waals surface area contributed by atoms with Crippen LogP contribution in [-0.2, 0) is 10.0 Å². The molecule has 1 fully saturated rings. The molecule has 1 aliphatic heterocycles. The average molecular weight is 441 g/mol. The third-order valence-corrected chi connectivity index (χ3v) is 6.92. The number of benzene rings is 2. The Kier molecular flexibility index (Phi) is 6.77. The number of hydrogen-bond donors (Lipinski definition) is 1. The molecule has 156 valence electrons. The standard InChI is InChI=1S/C20H22ClFN2O4S/c1-28-19-9-6-14(21)12-18(19)23-20(25)16-13-15(7-8-17(16)22)29(26,27)24-10-4-2-3-5-11-24/h6-9,12-13H,2-5,10-11H2,1H3,(H,23,25). The van der Waals surface area contributed by atoms with Crippen LogP contribution in [0.3, 0.4) is 0 Å². The molecule has 0 radical (unpaired) electrons. The van der Waals surface area contributed by atoms with Crippen LogP contribution in [0.15, 0.2) is 41.3 Å². The Bertz CT molecular complexity index is 1010. The van der Waals surface area contributed by atoms with Gasteiger partial charge in [-0.1, -0.05) is 24.4 Å². The summed E-state index contributed by atoms with van der Waals surface area (Å²) in [7, 11) is -2.39. The second kappa shape index (κ2) is 9.11. The summed E-state index contributed by atoms with van der Waals surface area (Å²) in [5.41, 5.74) is -0.117. The second-order valence-electron chi connectivity index (χ2n) is 6.76. The van der Waals surface area contributed by atoms with E-state index in [-0.39, 0.29) is 16.1 Å². The van der Waals surface area contributed by atoms with Crippen LogP contribution < -0.4 is 10.1 Å². The molecule has 6 nitrogen and oxygen atoms in total. The van der Waals surface area contributed by atoms with Crippen molar-refractivity contribution in [2.75, 3.05) is 25.5 Å². The van der Waals surface area contributed by atoms with Gasteiger partial charge in [0.15, 0.2) is 0 Å². The predicted molar refractivity (Wildman–Crippen MR) is 110 cm³/mol. The number of halogens is 2. The molecule has 0 aliphatic carbocycles. The van der Waals surface area contributed by atoms with E-state index in [2.05, 4.69) is 5.32 Å². The van der Waals surface area contributed by atoms with E-state index in [9.17, 15) is 17.6 Å². The highest BCUT2D eigenvalue weighted by atomic mass is 35.5. The van der Waals surface area contributed by atoms with Crippen LogP contribution >= 0.6 is 11.6 Å². The number of anilines is 1. The molecule has 1 aliphatic rings. The van der Waals surface area contributed by atoms with Crippen LogP contribution in [0.4, 0.5) is 10.1 Å². The highest BCUT2D eigenvalue weighted by molar-refractivity contribution is 7.89. The zero-order chi connectivity index (χ0) is 21.0. The Morgan fingerprint density at radius 3 is 2.45 bits per heavy atom. The Balaban J connectivity index is 1.91. The van der Waals surface area contributed by atoms with Crippen molar-refractivity contribution in [3.63, 3.8) is 0 Å². The van der Waals surface area contributed by atoms with Gasteiger partial charge in [-0.15, -0.1) is 0 Å². The van der Waals surface area contributed by atoms with E-state index >= 15 is 0 Å². The van der Waals surface area contributed by atoms with E-state index in [1.165, 1.54) is 23.5 Å². The van der Waals surface area contributed by atoms with Crippen molar-refractivity contribution in [1.82, 2.24) is 4.31 Å². The molecular formula is C20H22ClFN2O4S. The van der Waals surface area contributed by atoms with Crippen LogP contribution in [0.25, 0.3) is 0 Å². The summed E-state index contributed by atoms with van der Waals surface area (Å²) in [6.07, 6.45) is 3.51. The van der Waals surface area contributed by atoms with E-state index in [1.54, 1.807) is 12.1 Å². The SMILES string of the molecule is COc1ccc(Cl)cc1NC(=O)c1cc(S(=O)(=O)N2CCCCCC2)ccc1F. The van der Waals surface area contributed by atoms with Crippen LogP contribution in [0.5, 0.6) is 5.75 Å². The van der Waals surface area contributed by atoms with Gasteiger partial charge in [-0.05, 0) is 49.2 Å². The van der Waals surface area contributed by atoms with Crippen LogP contribution in [-0.4, -0.2) is 38.8 Å². The molecule has 2 aromatic carbocycles. The topological polar surface area (TPSA) is 75.7 Å². The normalized spacial score (nSPS) is 15.6. The van der Waals surface area contributed by atoms with Gasteiger partial charge < -0.3 is 10.1 Å². The largest absolute Gasteiger partial charge is 0.495 e. The summed E-state index contributed by atoms with van der Waals surface area (Å²) in [6, 6.07) is 7.87. The lowest BCUT2D eigenvalue weighted by molar-refractivity contribution is 0.102. The van der Waals surface area contributed by atoms with Crippen molar-refractivity contribution in [2.45, 2.75) is 30.6 Å². The smallest absolute Gasteiger partial charge is 0.258 e. The third-order valence-electron chi connectivity index (χ3n) is 4.79. The first kappa shape index (κ1) is 21.5. The van der Waals surface area contributed by atoms with Crippen LogP contribution in [0.1, 0.15) is 36.0 Å². The molecule has 0 aromatic heterocycles. The van der Waals surface area contributed by atoms with E-state index in [0.29, 0.717) is 23.9 Å². The van der Waals surface area contributed by atoms with Crippen molar-refractivity contribution >= 4 is 33.2 Å². The predicted octanol–water partition coefficient (Wildman–Crippen LogP) is 4.30. The summed E-state index contributed by atoms with van der Waals surface area (Å²) < 4.78 is 46.8. The number of nitrogens with zero attached hydrogens (tertiary/aromatic N) is 1. The van der Waals surface area contributed by atoms with Crippen LogP contribution in [0, 0.1) is 5.82 Å². The number of carbonyl (C=O) groups is 1. The number of rotatable bonds is 5. The van der Waals surface area contributed by atoms with Crippen molar-refractivity contribution in [2.24, 2.45) is 0 Å². The van der Waals surface area contributed by atoms with Crippen molar-refractivity contribution in [3.05, 3.63) is 52.8 Å².